The Morgan fingerprint density at radius 1 is 1.03 bits per heavy atom. The molecule has 0 radical (unpaired) electrons. The molecule has 31 heavy (non-hydrogen) atoms. The van der Waals surface area contributed by atoms with Crippen molar-refractivity contribution in [1.82, 2.24) is 24.9 Å². The Kier molecular flexibility index (Phi) is 5.40. The van der Waals surface area contributed by atoms with E-state index in [2.05, 4.69) is 20.0 Å². The highest BCUT2D eigenvalue weighted by molar-refractivity contribution is 6.38. The molecule has 0 spiro atoms. The number of aromatic amines is 1. The van der Waals surface area contributed by atoms with Gasteiger partial charge >= 0.3 is 0 Å². The van der Waals surface area contributed by atoms with Gasteiger partial charge in [0.25, 0.3) is 5.91 Å². The first-order valence-corrected chi connectivity index (χ1v) is 10.7. The Balaban J connectivity index is 1.21. The van der Waals surface area contributed by atoms with E-state index in [4.69, 9.17) is 27.7 Å². The van der Waals surface area contributed by atoms with Crippen molar-refractivity contribution < 1.29 is 9.32 Å². The Bertz CT molecular complexity index is 1230. The number of hydrogen-bond acceptors (Lipinski definition) is 5. The van der Waals surface area contributed by atoms with E-state index < -0.39 is 0 Å². The summed E-state index contributed by atoms with van der Waals surface area (Å²) in [7, 11) is 0. The van der Waals surface area contributed by atoms with E-state index in [0.29, 0.717) is 60.2 Å². The zero-order chi connectivity index (χ0) is 21.4. The topological polar surface area (TPSA) is 78.3 Å². The van der Waals surface area contributed by atoms with E-state index in [-0.39, 0.29) is 5.91 Å². The first kappa shape index (κ1) is 20.1. The number of piperazine rings is 1. The molecule has 2 aromatic carbocycles. The molecular formula is C22H19Cl2N5O2. The van der Waals surface area contributed by atoms with Crippen molar-refractivity contribution in [3.05, 3.63) is 70.2 Å². The fraction of sp³-hybridized carbons (Fsp3) is 0.227. The highest BCUT2D eigenvalue weighted by atomic mass is 35.5. The summed E-state index contributed by atoms with van der Waals surface area (Å²) >= 11 is 12.4. The highest BCUT2D eigenvalue weighted by Gasteiger charge is 2.26. The summed E-state index contributed by atoms with van der Waals surface area (Å²) in [4.78, 5) is 24.6. The van der Waals surface area contributed by atoms with Gasteiger partial charge in [-0.2, -0.15) is 4.98 Å². The second-order valence-corrected chi connectivity index (χ2v) is 8.26. The van der Waals surface area contributed by atoms with Gasteiger partial charge in [-0.3, -0.25) is 9.69 Å². The average Bonchev–Trinajstić information content (AvgIpc) is 3.39. The molecule has 1 aliphatic heterocycles. The monoisotopic (exact) mass is 455 g/mol. The van der Waals surface area contributed by atoms with Gasteiger partial charge in [0.15, 0.2) is 0 Å². The number of H-pyrrole nitrogens is 1. The van der Waals surface area contributed by atoms with Crippen LogP contribution < -0.4 is 0 Å². The fourth-order valence-corrected chi connectivity index (χ4v) is 4.17. The van der Waals surface area contributed by atoms with Crippen LogP contribution in [0.3, 0.4) is 0 Å². The van der Waals surface area contributed by atoms with Gasteiger partial charge < -0.3 is 14.4 Å². The average molecular weight is 456 g/mol. The molecule has 0 bridgehead atoms. The third kappa shape index (κ3) is 4.04. The fourth-order valence-electron chi connectivity index (χ4n) is 3.75. The lowest BCUT2D eigenvalue weighted by molar-refractivity contribution is 0.0610. The van der Waals surface area contributed by atoms with Crippen LogP contribution in [-0.2, 0) is 6.54 Å². The van der Waals surface area contributed by atoms with Crippen LogP contribution in [0.15, 0.2) is 53.1 Å². The molecule has 0 aliphatic carbocycles. The quantitative estimate of drug-likeness (QED) is 0.490. The van der Waals surface area contributed by atoms with Crippen molar-refractivity contribution in [3.63, 3.8) is 0 Å². The van der Waals surface area contributed by atoms with Crippen molar-refractivity contribution in [1.29, 1.82) is 0 Å². The summed E-state index contributed by atoms with van der Waals surface area (Å²) in [5.41, 5.74) is 2.16. The molecule has 0 saturated carbocycles. The van der Waals surface area contributed by atoms with Crippen LogP contribution in [0.4, 0.5) is 0 Å². The molecule has 0 atom stereocenters. The Morgan fingerprint density at radius 3 is 2.52 bits per heavy atom. The minimum atomic E-state index is -0.0799. The van der Waals surface area contributed by atoms with Gasteiger partial charge in [-0.05, 0) is 30.3 Å². The van der Waals surface area contributed by atoms with E-state index in [0.717, 1.165) is 16.5 Å². The van der Waals surface area contributed by atoms with Gasteiger partial charge in [-0.1, -0.05) is 46.6 Å². The minimum absolute atomic E-state index is 0.0799. The lowest BCUT2D eigenvalue weighted by Gasteiger charge is -2.33. The molecule has 4 aromatic rings. The largest absolute Gasteiger partial charge is 0.349 e. The van der Waals surface area contributed by atoms with Crippen LogP contribution in [0.5, 0.6) is 0 Å². The minimum Gasteiger partial charge on any atom is -0.349 e. The van der Waals surface area contributed by atoms with Crippen molar-refractivity contribution in [3.8, 4) is 11.4 Å². The molecule has 7 nitrogen and oxygen atoms in total. The van der Waals surface area contributed by atoms with E-state index in [1.54, 1.807) is 12.1 Å². The summed E-state index contributed by atoms with van der Waals surface area (Å²) < 4.78 is 5.41. The van der Waals surface area contributed by atoms with Gasteiger partial charge in [-0.15, -0.1) is 0 Å². The Hall–Kier alpha value is -2.87. The van der Waals surface area contributed by atoms with E-state index in [9.17, 15) is 4.79 Å². The SMILES string of the molecule is O=C(c1[nH]c2ccccc2c1Cl)N1CCN(Cc2nc(-c3ccc(Cl)cc3)no2)CC1. The van der Waals surface area contributed by atoms with E-state index in [1.165, 1.54) is 0 Å². The molecule has 5 rings (SSSR count). The number of hydrogen-bond donors (Lipinski definition) is 1. The number of amides is 1. The molecule has 1 fully saturated rings. The van der Waals surface area contributed by atoms with Crippen molar-refractivity contribution >= 4 is 40.0 Å². The normalized spacial score (nSPS) is 15.0. The number of aromatic nitrogens is 3. The molecule has 1 aliphatic rings. The van der Waals surface area contributed by atoms with Gasteiger partial charge in [-0.25, -0.2) is 0 Å². The zero-order valence-corrected chi connectivity index (χ0v) is 18.0. The summed E-state index contributed by atoms with van der Waals surface area (Å²) in [6, 6.07) is 14.9. The van der Waals surface area contributed by atoms with Gasteiger partial charge in [0.1, 0.15) is 5.69 Å². The van der Waals surface area contributed by atoms with Crippen LogP contribution >= 0.6 is 23.2 Å². The maximum atomic E-state index is 13.0. The first-order chi connectivity index (χ1) is 15.1. The number of nitrogens with one attached hydrogen (secondary N) is 1. The predicted octanol–water partition coefficient (Wildman–Crippen LogP) is 4.48. The third-order valence-corrected chi connectivity index (χ3v) is 6.09. The lowest BCUT2D eigenvalue weighted by atomic mass is 10.2. The number of fused-ring (bicyclic) bond motifs is 1. The van der Waals surface area contributed by atoms with Crippen molar-refractivity contribution in [2.24, 2.45) is 0 Å². The molecule has 1 amide bonds. The van der Waals surface area contributed by atoms with Gasteiger partial charge in [0.05, 0.1) is 11.6 Å². The Morgan fingerprint density at radius 2 is 1.77 bits per heavy atom. The maximum Gasteiger partial charge on any atom is 0.271 e. The maximum absolute atomic E-state index is 13.0. The molecule has 1 saturated heterocycles. The second kappa shape index (κ2) is 8.34. The van der Waals surface area contributed by atoms with Gasteiger partial charge in [0.2, 0.25) is 11.7 Å². The summed E-state index contributed by atoms with van der Waals surface area (Å²) in [6.45, 7) is 3.16. The summed E-state index contributed by atoms with van der Waals surface area (Å²) in [5, 5.41) is 6.05. The number of carbonyl (C=O) groups is 1. The molecule has 1 N–H and O–H groups in total. The van der Waals surface area contributed by atoms with Crippen molar-refractivity contribution in [2.45, 2.75) is 6.54 Å². The third-order valence-electron chi connectivity index (χ3n) is 5.45. The van der Waals surface area contributed by atoms with Crippen LogP contribution in [0, 0.1) is 0 Å². The number of halogens is 2. The van der Waals surface area contributed by atoms with Crippen LogP contribution in [0.2, 0.25) is 10.0 Å². The number of benzene rings is 2. The van der Waals surface area contributed by atoms with Gasteiger partial charge in [0, 0.05) is 47.7 Å². The molecule has 3 heterocycles. The number of rotatable bonds is 4. The van der Waals surface area contributed by atoms with Crippen LogP contribution in [0.25, 0.3) is 22.3 Å². The molecule has 0 unspecified atom stereocenters. The highest BCUT2D eigenvalue weighted by Crippen LogP contribution is 2.28. The molecule has 2 aromatic heterocycles. The second-order valence-electron chi connectivity index (χ2n) is 7.45. The summed E-state index contributed by atoms with van der Waals surface area (Å²) in [5.74, 6) is 1.00. The standard InChI is InChI=1S/C22H19Cl2N5O2/c23-15-7-5-14(6-8-15)21-26-18(31-27-21)13-28-9-11-29(12-10-28)22(30)20-19(24)16-3-1-2-4-17(16)25-20/h1-8,25H,9-13H2. The molecule has 9 heteroatoms. The van der Waals surface area contributed by atoms with E-state index >= 15 is 0 Å². The number of nitrogens with zero attached hydrogens (tertiary/aromatic N) is 4. The van der Waals surface area contributed by atoms with Crippen LogP contribution in [-0.4, -0.2) is 57.0 Å². The first-order valence-electron chi connectivity index (χ1n) is 9.95. The van der Waals surface area contributed by atoms with Crippen LogP contribution in [0.1, 0.15) is 16.4 Å². The predicted molar refractivity (Wildman–Crippen MR) is 119 cm³/mol. The smallest absolute Gasteiger partial charge is 0.271 e. The molecule has 158 valence electrons. The number of para-hydroxylation sites is 1. The van der Waals surface area contributed by atoms with Crippen molar-refractivity contribution in [2.75, 3.05) is 26.2 Å². The zero-order valence-electron chi connectivity index (χ0n) is 16.5. The number of carbonyl (C=O) groups excluding carboxylic acids is 1. The lowest BCUT2D eigenvalue weighted by Crippen LogP contribution is -2.48. The molecular weight excluding hydrogens is 437 g/mol. The summed E-state index contributed by atoms with van der Waals surface area (Å²) in [6.07, 6.45) is 0. The Labute approximate surface area is 188 Å². The van der Waals surface area contributed by atoms with E-state index in [1.807, 2.05) is 41.3 Å².